The summed E-state index contributed by atoms with van der Waals surface area (Å²) in [6.45, 7) is 31.9. The Bertz CT molecular complexity index is 471. The lowest BCUT2D eigenvalue weighted by Gasteiger charge is -2.81. The number of allylic oxidation sites excluding steroid dienone is 2. The molecular weight excluding hydrogens is 329 g/mol. The Morgan fingerprint density at radius 1 is 0.500 bits per heavy atom. The fourth-order valence-corrected chi connectivity index (χ4v) is 27.7. The average molecular weight is 369 g/mol. The molecule has 0 nitrogen and oxygen atoms in total. The van der Waals surface area contributed by atoms with E-state index in [1.807, 2.05) is 0 Å². The van der Waals surface area contributed by atoms with Crippen molar-refractivity contribution in [3.8, 4) is 0 Å². The summed E-state index contributed by atoms with van der Waals surface area (Å²) in [5.74, 6) is 0. The van der Waals surface area contributed by atoms with E-state index in [9.17, 15) is 0 Å². The van der Waals surface area contributed by atoms with Gasteiger partial charge in [-0.3, -0.25) is 0 Å². The number of hydrogen-bond acceptors (Lipinski definition) is 0. The van der Waals surface area contributed by atoms with Gasteiger partial charge in [0.15, 0.2) is 0 Å². The highest BCUT2D eigenvalue weighted by molar-refractivity contribution is 7.00. The van der Waals surface area contributed by atoms with Gasteiger partial charge >= 0.3 is 0 Å². The van der Waals surface area contributed by atoms with Crippen LogP contribution in [-0.2, 0) is 0 Å². The van der Waals surface area contributed by atoms with Gasteiger partial charge in [0.25, 0.3) is 0 Å². The molecule has 0 aromatic rings. The molecule has 1 fully saturated rings. The van der Waals surface area contributed by atoms with Gasteiger partial charge in [-0.05, 0) is 22.9 Å². The van der Waals surface area contributed by atoms with Gasteiger partial charge in [-0.25, -0.2) is 0 Å². The van der Waals surface area contributed by atoms with Crippen LogP contribution in [0.3, 0.4) is 0 Å². The molecule has 128 valence electrons. The lowest BCUT2D eigenvalue weighted by atomic mass is 9.62. The number of rotatable bonds is 4. The minimum Gasteiger partial charge on any atom is -0.0813 e. The van der Waals surface area contributed by atoms with E-state index in [1.165, 1.54) is 12.8 Å². The molecule has 4 heteroatoms. The van der Waals surface area contributed by atoms with Gasteiger partial charge in [0.1, 0.15) is 0 Å². The van der Waals surface area contributed by atoms with Crippen LogP contribution in [0.1, 0.15) is 12.8 Å². The molecule has 0 bridgehead atoms. The summed E-state index contributed by atoms with van der Waals surface area (Å²) in [5, 5.41) is 5.55. The van der Waals surface area contributed by atoms with Crippen molar-refractivity contribution in [2.24, 2.45) is 0 Å². The van der Waals surface area contributed by atoms with E-state index in [2.05, 4.69) is 89.0 Å². The standard InChI is InChI=1S/C18H40Si4/c1-19(2,3)15-16(20(4,5)6)18(22(10,11)12)14-13-17(15,18)21(7,8)9/h13-14H2,1-12H3. The normalized spacial score (nSPS) is 33.3. The highest BCUT2D eigenvalue weighted by Gasteiger charge is 2.79. The molecule has 2 unspecified atom stereocenters. The maximum absolute atomic E-state index is 2.68. The Morgan fingerprint density at radius 3 is 0.818 bits per heavy atom. The predicted molar refractivity (Wildman–Crippen MR) is 115 cm³/mol. The number of fused-ring (bicyclic) bond motifs is 1. The molecule has 0 spiro atoms. The molecule has 22 heavy (non-hydrogen) atoms. The summed E-state index contributed by atoms with van der Waals surface area (Å²) < 4.78 is 0. The molecule has 0 aromatic heterocycles. The Labute approximate surface area is 144 Å². The second-order valence-corrected chi connectivity index (χ2v) is 32.8. The molecule has 0 amide bonds. The fraction of sp³-hybridized carbons (Fsp3) is 0.889. The summed E-state index contributed by atoms with van der Waals surface area (Å²) >= 11 is 0. The third-order valence-electron chi connectivity index (χ3n) is 6.77. The van der Waals surface area contributed by atoms with Crippen molar-refractivity contribution < 1.29 is 0 Å². The van der Waals surface area contributed by atoms with Gasteiger partial charge < -0.3 is 0 Å². The van der Waals surface area contributed by atoms with Crippen molar-refractivity contribution in [3.05, 3.63) is 10.4 Å². The van der Waals surface area contributed by atoms with Gasteiger partial charge in [0, 0.05) is 0 Å². The first-order chi connectivity index (χ1) is 9.45. The summed E-state index contributed by atoms with van der Waals surface area (Å²) in [6.07, 6.45) is 3.06. The van der Waals surface area contributed by atoms with Gasteiger partial charge in [0.2, 0.25) is 0 Å². The Morgan fingerprint density at radius 2 is 0.727 bits per heavy atom. The smallest absolute Gasteiger partial charge is 0.0722 e. The first kappa shape index (κ1) is 18.9. The lowest BCUT2D eigenvalue weighted by Crippen LogP contribution is -2.74. The maximum atomic E-state index is 2.68. The molecule has 2 aliphatic rings. The topological polar surface area (TPSA) is 0 Å². The third-order valence-corrected chi connectivity index (χ3v) is 19.1. The van der Waals surface area contributed by atoms with E-state index in [-0.39, 0.29) is 0 Å². The van der Waals surface area contributed by atoms with E-state index in [0.29, 0.717) is 10.1 Å². The van der Waals surface area contributed by atoms with Crippen LogP contribution >= 0.6 is 0 Å². The number of hydrogen-bond donors (Lipinski definition) is 0. The summed E-state index contributed by atoms with van der Waals surface area (Å²) in [7, 11) is -4.91. The average Bonchev–Trinajstić information content (AvgIpc) is 2.12. The van der Waals surface area contributed by atoms with Crippen LogP contribution in [0.4, 0.5) is 0 Å². The van der Waals surface area contributed by atoms with Gasteiger partial charge in [-0.1, -0.05) is 89.0 Å². The molecule has 1 saturated carbocycles. The summed E-state index contributed by atoms with van der Waals surface area (Å²) in [6, 6.07) is 0. The third kappa shape index (κ3) is 2.02. The second kappa shape index (κ2) is 4.61. The van der Waals surface area contributed by atoms with E-state index < -0.39 is 32.3 Å². The van der Waals surface area contributed by atoms with Gasteiger partial charge in [-0.2, -0.15) is 0 Å². The zero-order valence-electron chi connectivity index (χ0n) is 17.4. The summed E-state index contributed by atoms with van der Waals surface area (Å²) in [5.41, 5.74) is 0. The molecule has 2 atom stereocenters. The van der Waals surface area contributed by atoms with Crippen molar-refractivity contribution >= 4 is 32.3 Å². The zero-order chi connectivity index (χ0) is 17.6. The Kier molecular flexibility index (Phi) is 3.97. The van der Waals surface area contributed by atoms with Crippen LogP contribution in [0.25, 0.3) is 0 Å². The first-order valence-corrected chi connectivity index (χ1v) is 23.2. The van der Waals surface area contributed by atoms with Crippen molar-refractivity contribution in [2.45, 2.75) is 101 Å². The zero-order valence-corrected chi connectivity index (χ0v) is 21.4. The highest BCUT2D eigenvalue weighted by atomic mass is 28.3. The molecule has 2 rings (SSSR count). The monoisotopic (exact) mass is 368 g/mol. The van der Waals surface area contributed by atoms with E-state index in [4.69, 9.17) is 0 Å². The first-order valence-electron chi connectivity index (χ1n) is 9.21. The van der Waals surface area contributed by atoms with Crippen LogP contribution in [0, 0.1) is 0 Å². The maximum Gasteiger partial charge on any atom is 0.0722 e. The van der Waals surface area contributed by atoms with E-state index in [0.717, 1.165) is 0 Å². The predicted octanol–water partition coefficient (Wildman–Crippen LogP) is 7.00. The molecule has 0 saturated heterocycles. The molecule has 0 radical (unpaired) electrons. The van der Waals surface area contributed by atoms with E-state index >= 15 is 0 Å². The van der Waals surface area contributed by atoms with Crippen LogP contribution in [0.5, 0.6) is 0 Å². The van der Waals surface area contributed by atoms with Crippen molar-refractivity contribution in [2.75, 3.05) is 0 Å². The van der Waals surface area contributed by atoms with Crippen LogP contribution in [-0.4, -0.2) is 32.3 Å². The Balaban J connectivity index is 2.88. The fourth-order valence-electron chi connectivity index (χ4n) is 6.48. The minimum absolute atomic E-state index is 0.685. The SMILES string of the molecule is C[Si](C)(C)C1=C([Si](C)(C)C)C2([Si](C)(C)C)CCC12[Si](C)(C)C. The molecule has 0 heterocycles. The second-order valence-electron chi connectivity index (χ2n) is 12.1. The van der Waals surface area contributed by atoms with Crippen LogP contribution < -0.4 is 0 Å². The van der Waals surface area contributed by atoms with Crippen molar-refractivity contribution in [1.29, 1.82) is 0 Å². The largest absolute Gasteiger partial charge is 0.0813 e. The van der Waals surface area contributed by atoms with E-state index in [1.54, 1.807) is 0 Å². The van der Waals surface area contributed by atoms with Crippen molar-refractivity contribution in [3.63, 3.8) is 0 Å². The van der Waals surface area contributed by atoms with Crippen LogP contribution in [0.2, 0.25) is 88.6 Å². The van der Waals surface area contributed by atoms with Gasteiger partial charge in [0.05, 0.1) is 32.3 Å². The van der Waals surface area contributed by atoms with Gasteiger partial charge in [-0.15, -0.1) is 0 Å². The highest BCUT2D eigenvalue weighted by Crippen LogP contribution is 2.90. The molecule has 0 aromatic carbocycles. The van der Waals surface area contributed by atoms with Crippen molar-refractivity contribution in [1.82, 2.24) is 0 Å². The minimum atomic E-state index is -1.24. The summed E-state index contributed by atoms with van der Waals surface area (Å²) in [4.78, 5) is 0. The molecule has 0 N–H and O–H groups in total. The molecule has 2 aliphatic carbocycles. The lowest BCUT2D eigenvalue weighted by molar-refractivity contribution is 0.241. The quantitative estimate of drug-likeness (QED) is 0.468. The van der Waals surface area contributed by atoms with Crippen LogP contribution in [0.15, 0.2) is 10.4 Å². The Hall–Kier alpha value is 0.608. The molecule has 0 aliphatic heterocycles. The molecular formula is C18H40Si4.